The Balaban J connectivity index is 2.32. The molecule has 2 rings (SSSR count). The summed E-state index contributed by atoms with van der Waals surface area (Å²) in [4.78, 5) is 36.6. The molecule has 0 aromatic heterocycles. The molecule has 1 unspecified atom stereocenters. The topological polar surface area (TPSA) is 91.7 Å². The third-order valence-electron chi connectivity index (χ3n) is 5.99. The van der Waals surface area contributed by atoms with Gasteiger partial charge in [-0.25, -0.2) is 4.79 Å². The number of aliphatic carboxylic acids is 2. The standard InChI is InChI=1S/C19H28O5/c1-13(17(21)22)19(18(23)24,15-10-6-3-7-11-15)12-16(20)14-8-4-2-5-9-14/h14-15H,1-12H2,(H,21,22)(H,23,24). The van der Waals surface area contributed by atoms with Crippen LogP contribution in [0.15, 0.2) is 12.2 Å². The summed E-state index contributed by atoms with van der Waals surface area (Å²) in [6, 6.07) is 0. The van der Waals surface area contributed by atoms with Crippen molar-refractivity contribution in [3.8, 4) is 0 Å². The second-order valence-electron chi connectivity index (χ2n) is 7.37. The molecule has 2 fully saturated rings. The highest BCUT2D eigenvalue weighted by molar-refractivity contribution is 5.99. The minimum absolute atomic E-state index is 0.0925. The average Bonchev–Trinajstić information content (AvgIpc) is 2.60. The zero-order valence-electron chi connectivity index (χ0n) is 14.3. The number of hydrogen-bond acceptors (Lipinski definition) is 3. The molecule has 1 atom stereocenters. The van der Waals surface area contributed by atoms with Crippen molar-refractivity contribution in [2.24, 2.45) is 17.3 Å². The summed E-state index contributed by atoms with van der Waals surface area (Å²) in [6.07, 6.45) is 8.53. The predicted octanol–water partition coefficient (Wildman–Crippen LogP) is 3.82. The molecule has 5 nitrogen and oxygen atoms in total. The first-order valence-electron chi connectivity index (χ1n) is 9.08. The first kappa shape index (κ1) is 18.7. The van der Waals surface area contributed by atoms with Crippen molar-refractivity contribution in [2.45, 2.75) is 70.6 Å². The molecule has 0 aromatic rings. The minimum atomic E-state index is -1.65. The van der Waals surface area contributed by atoms with E-state index in [4.69, 9.17) is 0 Å². The normalized spacial score (nSPS) is 22.5. The molecule has 0 heterocycles. The van der Waals surface area contributed by atoms with Gasteiger partial charge in [-0.1, -0.05) is 45.1 Å². The zero-order valence-corrected chi connectivity index (χ0v) is 14.3. The molecule has 0 aromatic carbocycles. The van der Waals surface area contributed by atoms with E-state index in [2.05, 4.69) is 6.58 Å². The molecule has 0 saturated heterocycles. The quantitative estimate of drug-likeness (QED) is 0.690. The van der Waals surface area contributed by atoms with Crippen LogP contribution < -0.4 is 0 Å². The third-order valence-corrected chi connectivity index (χ3v) is 5.99. The molecule has 0 aliphatic heterocycles. The van der Waals surface area contributed by atoms with Crippen LogP contribution in [0.3, 0.4) is 0 Å². The van der Waals surface area contributed by atoms with Crippen molar-refractivity contribution >= 4 is 17.7 Å². The number of hydrogen-bond donors (Lipinski definition) is 2. The number of rotatable bonds is 7. The SMILES string of the molecule is C=C(C(=O)O)C(CC(=O)C1CCCCC1)(C(=O)O)C1CCCCC1. The van der Waals surface area contributed by atoms with E-state index in [-0.39, 0.29) is 29.6 Å². The van der Waals surface area contributed by atoms with Crippen LogP contribution in [0.25, 0.3) is 0 Å². The van der Waals surface area contributed by atoms with Gasteiger partial charge in [-0.05, 0) is 31.6 Å². The number of carbonyl (C=O) groups is 3. The molecule has 2 saturated carbocycles. The van der Waals surface area contributed by atoms with Gasteiger partial charge < -0.3 is 10.2 Å². The van der Waals surface area contributed by atoms with Gasteiger partial charge in [0.15, 0.2) is 0 Å². The summed E-state index contributed by atoms with van der Waals surface area (Å²) in [5.41, 5.74) is -1.98. The van der Waals surface area contributed by atoms with Crippen LogP contribution in [0, 0.1) is 17.3 Å². The molecule has 5 heteroatoms. The second kappa shape index (κ2) is 7.95. The van der Waals surface area contributed by atoms with Crippen molar-refractivity contribution in [1.82, 2.24) is 0 Å². The lowest BCUT2D eigenvalue weighted by Crippen LogP contribution is -2.46. The molecule has 2 N–H and O–H groups in total. The Morgan fingerprint density at radius 1 is 0.875 bits per heavy atom. The Morgan fingerprint density at radius 2 is 1.38 bits per heavy atom. The summed E-state index contributed by atoms with van der Waals surface area (Å²) >= 11 is 0. The molecule has 24 heavy (non-hydrogen) atoms. The van der Waals surface area contributed by atoms with Gasteiger partial charge in [-0.15, -0.1) is 0 Å². The molecule has 0 bridgehead atoms. The Morgan fingerprint density at radius 3 is 1.83 bits per heavy atom. The molecule has 2 aliphatic rings. The lowest BCUT2D eigenvalue weighted by Gasteiger charge is -2.40. The van der Waals surface area contributed by atoms with Crippen LogP contribution in [0.1, 0.15) is 70.6 Å². The molecule has 0 spiro atoms. The Bertz CT molecular complexity index is 512. The first-order chi connectivity index (χ1) is 11.4. The molecule has 2 aliphatic carbocycles. The van der Waals surface area contributed by atoms with Crippen molar-refractivity contribution in [1.29, 1.82) is 0 Å². The molecular formula is C19H28O5. The van der Waals surface area contributed by atoms with Gasteiger partial charge in [-0.3, -0.25) is 9.59 Å². The fourth-order valence-corrected chi connectivity index (χ4v) is 4.51. The maximum atomic E-state index is 12.8. The number of ketones is 1. The highest BCUT2D eigenvalue weighted by atomic mass is 16.4. The van der Waals surface area contributed by atoms with Crippen LogP contribution in [-0.2, 0) is 14.4 Å². The molecule has 0 amide bonds. The van der Waals surface area contributed by atoms with Crippen molar-refractivity contribution in [3.63, 3.8) is 0 Å². The lowest BCUT2D eigenvalue weighted by atomic mass is 9.61. The maximum absolute atomic E-state index is 12.8. The van der Waals surface area contributed by atoms with Crippen LogP contribution in [-0.4, -0.2) is 27.9 Å². The fourth-order valence-electron chi connectivity index (χ4n) is 4.51. The van der Waals surface area contributed by atoms with Gasteiger partial charge in [-0.2, -0.15) is 0 Å². The fraction of sp³-hybridized carbons (Fsp3) is 0.737. The molecular weight excluding hydrogens is 308 g/mol. The highest BCUT2D eigenvalue weighted by Crippen LogP contribution is 2.47. The monoisotopic (exact) mass is 336 g/mol. The third kappa shape index (κ3) is 3.70. The summed E-state index contributed by atoms with van der Waals surface area (Å²) in [5.74, 6) is -3.04. The summed E-state index contributed by atoms with van der Waals surface area (Å²) in [6.45, 7) is 3.59. The largest absolute Gasteiger partial charge is 0.481 e. The van der Waals surface area contributed by atoms with Crippen LogP contribution in [0.2, 0.25) is 0 Å². The van der Waals surface area contributed by atoms with E-state index in [0.29, 0.717) is 12.8 Å². The van der Waals surface area contributed by atoms with Gasteiger partial charge in [0.25, 0.3) is 0 Å². The van der Waals surface area contributed by atoms with Crippen molar-refractivity contribution in [2.75, 3.05) is 0 Å². The van der Waals surface area contributed by atoms with E-state index in [1.165, 1.54) is 0 Å². The first-order valence-corrected chi connectivity index (χ1v) is 9.08. The number of carbonyl (C=O) groups excluding carboxylic acids is 1. The maximum Gasteiger partial charge on any atom is 0.332 e. The lowest BCUT2D eigenvalue weighted by molar-refractivity contribution is -0.157. The van der Waals surface area contributed by atoms with Crippen molar-refractivity contribution in [3.05, 3.63) is 12.2 Å². The Hall–Kier alpha value is -1.65. The van der Waals surface area contributed by atoms with E-state index in [9.17, 15) is 24.6 Å². The van der Waals surface area contributed by atoms with Gasteiger partial charge in [0.1, 0.15) is 11.2 Å². The van der Waals surface area contributed by atoms with Crippen LogP contribution in [0.4, 0.5) is 0 Å². The minimum Gasteiger partial charge on any atom is -0.481 e. The van der Waals surface area contributed by atoms with Gasteiger partial charge in [0.2, 0.25) is 0 Å². The van der Waals surface area contributed by atoms with E-state index < -0.39 is 17.4 Å². The second-order valence-corrected chi connectivity index (χ2v) is 7.37. The smallest absolute Gasteiger partial charge is 0.332 e. The Labute approximate surface area is 143 Å². The van der Waals surface area contributed by atoms with E-state index in [1.54, 1.807) is 0 Å². The van der Waals surface area contributed by atoms with E-state index in [1.807, 2.05) is 0 Å². The number of Topliss-reactive ketones (excluding diaryl/α,β-unsaturated/α-hetero) is 1. The molecule has 0 radical (unpaired) electrons. The van der Waals surface area contributed by atoms with E-state index in [0.717, 1.165) is 51.4 Å². The Kier molecular flexibility index (Phi) is 6.19. The van der Waals surface area contributed by atoms with Crippen molar-refractivity contribution < 1.29 is 24.6 Å². The van der Waals surface area contributed by atoms with E-state index >= 15 is 0 Å². The average molecular weight is 336 g/mol. The summed E-state index contributed by atoms with van der Waals surface area (Å²) in [7, 11) is 0. The number of carboxylic acid groups (broad SMARTS) is 2. The van der Waals surface area contributed by atoms with Crippen LogP contribution in [0.5, 0.6) is 0 Å². The number of carboxylic acids is 2. The van der Waals surface area contributed by atoms with Gasteiger partial charge in [0.05, 0.1) is 0 Å². The predicted molar refractivity (Wildman–Crippen MR) is 89.6 cm³/mol. The summed E-state index contributed by atoms with van der Waals surface area (Å²) in [5, 5.41) is 19.4. The zero-order chi connectivity index (χ0) is 17.7. The van der Waals surface area contributed by atoms with Gasteiger partial charge >= 0.3 is 11.9 Å². The summed E-state index contributed by atoms with van der Waals surface area (Å²) < 4.78 is 0. The molecule has 134 valence electrons. The highest BCUT2D eigenvalue weighted by Gasteiger charge is 2.52. The van der Waals surface area contributed by atoms with Gasteiger partial charge in [0, 0.05) is 17.9 Å². The van der Waals surface area contributed by atoms with Crippen LogP contribution >= 0.6 is 0 Å².